The van der Waals surface area contributed by atoms with Gasteiger partial charge in [-0.05, 0) is 17.7 Å². The summed E-state index contributed by atoms with van der Waals surface area (Å²) in [5.74, 6) is 0.675. The number of amides is 1. The van der Waals surface area contributed by atoms with E-state index in [4.69, 9.17) is 4.74 Å². The van der Waals surface area contributed by atoms with Gasteiger partial charge in [0.1, 0.15) is 5.75 Å². The van der Waals surface area contributed by atoms with Crippen LogP contribution in [-0.4, -0.2) is 49.9 Å². The Morgan fingerprint density at radius 3 is 2.46 bits per heavy atom. The van der Waals surface area contributed by atoms with Crippen LogP contribution in [0.4, 0.5) is 5.69 Å². The minimum Gasteiger partial charge on any atom is -0.495 e. The number of methoxy groups -OCH3 is 1. The minimum atomic E-state index is -0.323. The van der Waals surface area contributed by atoms with Gasteiger partial charge >= 0.3 is 0 Å². The molecule has 0 N–H and O–H groups in total. The van der Waals surface area contributed by atoms with Crippen molar-refractivity contribution in [3.63, 3.8) is 0 Å². The van der Waals surface area contributed by atoms with E-state index in [1.165, 1.54) is 0 Å². The highest BCUT2D eigenvalue weighted by Gasteiger charge is 2.37. The van der Waals surface area contributed by atoms with E-state index >= 15 is 0 Å². The van der Waals surface area contributed by atoms with Crippen LogP contribution < -0.4 is 9.64 Å². The third kappa shape index (κ3) is 2.83. The van der Waals surface area contributed by atoms with Crippen molar-refractivity contribution in [3.05, 3.63) is 59.7 Å². The highest BCUT2D eigenvalue weighted by atomic mass is 16.5. The predicted octanol–water partition coefficient (Wildman–Crippen LogP) is 2.71. The summed E-state index contributed by atoms with van der Waals surface area (Å²) >= 11 is 0. The Hall–Kier alpha value is -2.82. The van der Waals surface area contributed by atoms with E-state index in [1.54, 1.807) is 7.11 Å². The Morgan fingerprint density at radius 2 is 1.69 bits per heavy atom. The number of ketones is 1. The lowest BCUT2D eigenvalue weighted by Crippen LogP contribution is -2.50. The Morgan fingerprint density at radius 1 is 1.00 bits per heavy atom. The molecule has 5 heteroatoms. The number of Topliss-reactive ketones (excluding diaryl/α,β-unsaturated/α-hetero) is 1. The molecule has 0 saturated carbocycles. The molecule has 2 aromatic rings. The van der Waals surface area contributed by atoms with Crippen molar-refractivity contribution in [2.45, 2.75) is 12.3 Å². The number of nitrogens with zero attached hydrogens (tertiary/aromatic N) is 2. The fraction of sp³-hybridized carbons (Fsp3) is 0.333. The van der Waals surface area contributed by atoms with Gasteiger partial charge in [-0.2, -0.15) is 0 Å². The second-order valence-corrected chi connectivity index (χ2v) is 6.75. The Balaban J connectivity index is 1.46. The van der Waals surface area contributed by atoms with Gasteiger partial charge in [0.25, 0.3) is 0 Å². The molecule has 2 aromatic carbocycles. The molecule has 2 aliphatic rings. The lowest BCUT2D eigenvalue weighted by Gasteiger charge is -2.37. The van der Waals surface area contributed by atoms with Gasteiger partial charge in [0, 0.05) is 38.2 Å². The Bertz CT molecular complexity index is 841. The van der Waals surface area contributed by atoms with E-state index in [9.17, 15) is 9.59 Å². The number of ether oxygens (including phenoxy) is 1. The molecule has 0 bridgehead atoms. The predicted molar refractivity (Wildman–Crippen MR) is 99.9 cm³/mol. The molecule has 1 atom stereocenters. The largest absolute Gasteiger partial charge is 0.495 e. The van der Waals surface area contributed by atoms with Crippen molar-refractivity contribution in [1.82, 2.24) is 4.90 Å². The molecule has 1 heterocycles. The molecular weight excluding hydrogens is 328 g/mol. The van der Waals surface area contributed by atoms with Gasteiger partial charge in [0.15, 0.2) is 5.78 Å². The first-order chi connectivity index (χ1) is 12.7. The first-order valence-electron chi connectivity index (χ1n) is 8.98. The number of anilines is 1. The summed E-state index contributed by atoms with van der Waals surface area (Å²) in [6.07, 6.45) is 0.297. The monoisotopic (exact) mass is 350 g/mol. The second kappa shape index (κ2) is 6.83. The second-order valence-electron chi connectivity index (χ2n) is 6.75. The zero-order valence-electron chi connectivity index (χ0n) is 14.9. The van der Waals surface area contributed by atoms with Gasteiger partial charge in [0.2, 0.25) is 5.91 Å². The maximum atomic E-state index is 13.0. The van der Waals surface area contributed by atoms with Crippen molar-refractivity contribution in [2.24, 2.45) is 0 Å². The summed E-state index contributed by atoms with van der Waals surface area (Å²) in [7, 11) is 1.67. The van der Waals surface area contributed by atoms with Crippen LogP contribution in [0.2, 0.25) is 0 Å². The van der Waals surface area contributed by atoms with E-state index in [1.807, 2.05) is 53.4 Å². The van der Waals surface area contributed by atoms with Crippen molar-refractivity contribution in [3.8, 4) is 5.75 Å². The number of para-hydroxylation sites is 2. The zero-order chi connectivity index (χ0) is 18.1. The van der Waals surface area contributed by atoms with Crippen molar-refractivity contribution < 1.29 is 14.3 Å². The van der Waals surface area contributed by atoms with Crippen LogP contribution in [-0.2, 0) is 4.79 Å². The SMILES string of the molecule is COc1ccccc1N1CCN(C(=O)[C@H]2CC(=O)c3ccccc32)CC1. The van der Waals surface area contributed by atoms with Crippen LogP contribution in [0, 0.1) is 0 Å². The number of benzene rings is 2. The van der Waals surface area contributed by atoms with Gasteiger partial charge in [-0.15, -0.1) is 0 Å². The Kier molecular flexibility index (Phi) is 4.37. The normalized spacial score (nSPS) is 19.4. The zero-order valence-corrected chi connectivity index (χ0v) is 14.9. The molecule has 1 aliphatic heterocycles. The van der Waals surface area contributed by atoms with Gasteiger partial charge in [-0.1, -0.05) is 36.4 Å². The smallest absolute Gasteiger partial charge is 0.230 e. The van der Waals surface area contributed by atoms with Crippen LogP contribution in [0.3, 0.4) is 0 Å². The molecule has 0 spiro atoms. The van der Waals surface area contributed by atoms with E-state index in [0.717, 1.165) is 30.1 Å². The molecule has 1 amide bonds. The molecule has 5 nitrogen and oxygen atoms in total. The lowest BCUT2D eigenvalue weighted by atomic mass is 9.99. The molecule has 0 aromatic heterocycles. The number of carbonyl (C=O) groups is 2. The van der Waals surface area contributed by atoms with Crippen molar-refractivity contribution >= 4 is 17.4 Å². The molecule has 1 fully saturated rings. The summed E-state index contributed by atoms with van der Waals surface area (Å²) in [4.78, 5) is 29.3. The minimum absolute atomic E-state index is 0.0722. The average molecular weight is 350 g/mol. The van der Waals surface area contributed by atoms with Gasteiger partial charge in [-0.25, -0.2) is 0 Å². The maximum absolute atomic E-state index is 13.0. The van der Waals surface area contributed by atoms with Crippen molar-refractivity contribution in [1.29, 1.82) is 0 Å². The van der Waals surface area contributed by atoms with Crippen LogP contribution in [0.25, 0.3) is 0 Å². The number of fused-ring (bicyclic) bond motifs is 1. The first-order valence-corrected chi connectivity index (χ1v) is 8.98. The maximum Gasteiger partial charge on any atom is 0.230 e. The standard InChI is InChI=1S/C21H22N2O3/c1-26-20-9-5-4-8-18(20)22-10-12-23(13-11-22)21(25)17-14-19(24)16-7-3-2-6-15(16)17/h2-9,17H,10-14H2,1H3/t17-/m0/s1. The third-order valence-corrected chi connectivity index (χ3v) is 5.34. The molecule has 0 radical (unpaired) electrons. The van der Waals surface area contributed by atoms with Gasteiger partial charge in [-0.3, -0.25) is 9.59 Å². The molecule has 26 heavy (non-hydrogen) atoms. The molecule has 0 unspecified atom stereocenters. The summed E-state index contributed by atoms with van der Waals surface area (Å²) in [5, 5.41) is 0. The molecule has 1 saturated heterocycles. The van der Waals surface area contributed by atoms with E-state index in [0.29, 0.717) is 25.1 Å². The number of hydrogen-bond donors (Lipinski definition) is 0. The summed E-state index contributed by atoms with van der Waals surface area (Å²) in [6, 6.07) is 15.4. The van der Waals surface area contributed by atoms with Crippen LogP contribution in [0.15, 0.2) is 48.5 Å². The van der Waals surface area contributed by atoms with E-state index < -0.39 is 0 Å². The first kappa shape index (κ1) is 16.6. The van der Waals surface area contributed by atoms with Crippen LogP contribution >= 0.6 is 0 Å². The van der Waals surface area contributed by atoms with Crippen LogP contribution in [0.1, 0.15) is 28.3 Å². The quantitative estimate of drug-likeness (QED) is 0.854. The summed E-state index contributed by atoms with van der Waals surface area (Å²) in [6.45, 7) is 2.83. The number of piperazine rings is 1. The van der Waals surface area contributed by atoms with Crippen LogP contribution in [0.5, 0.6) is 5.75 Å². The van der Waals surface area contributed by atoms with E-state index in [-0.39, 0.29) is 17.6 Å². The lowest BCUT2D eigenvalue weighted by molar-refractivity contribution is -0.133. The highest BCUT2D eigenvalue weighted by molar-refractivity contribution is 6.06. The van der Waals surface area contributed by atoms with Gasteiger partial charge in [0.05, 0.1) is 18.7 Å². The Labute approximate surface area is 153 Å². The summed E-state index contributed by atoms with van der Waals surface area (Å²) < 4.78 is 5.45. The van der Waals surface area contributed by atoms with Gasteiger partial charge < -0.3 is 14.5 Å². The summed E-state index contributed by atoms with van der Waals surface area (Å²) in [5.41, 5.74) is 2.65. The average Bonchev–Trinajstić information content (AvgIpc) is 3.04. The molecular formula is C21H22N2O3. The number of hydrogen-bond acceptors (Lipinski definition) is 4. The molecule has 1 aliphatic carbocycles. The molecule has 4 rings (SSSR count). The topological polar surface area (TPSA) is 49.9 Å². The van der Waals surface area contributed by atoms with Crippen molar-refractivity contribution in [2.75, 3.05) is 38.2 Å². The highest BCUT2D eigenvalue weighted by Crippen LogP contribution is 2.35. The fourth-order valence-corrected chi connectivity index (χ4v) is 3.96. The molecule has 134 valence electrons. The fourth-order valence-electron chi connectivity index (χ4n) is 3.96. The number of rotatable bonds is 3. The van der Waals surface area contributed by atoms with E-state index in [2.05, 4.69) is 4.90 Å². The number of carbonyl (C=O) groups excluding carboxylic acids is 2. The third-order valence-electron chi connectivity index (χ3n) is 5.34.